The van der Waals surface area contributed by atoms with Gasteiger partial charge in [0.2, 0.25) is 0 Å². The number of aryl methyl sites for hydroxylation is 2. The predicted octanol–water partition coefficient (Wildman–Crippen LogP) is 2.47. The first-order valence-corrected chi connectivity index (χ1v) is 6.87. The number of nitrogens with one attached hydrogen (secondary N) is 2. The maximum Gasteiger partial charge on any atom is 0.261 e. The quantitative estimate of drug-likeness (QED) is 0.689. The third-order valence-corrected chi connectivity index (χ3v) is 3.41. The molecule has 7 heteroatoms. The van der Waals surface area contributed by atoms with E-state index in [1.165, 1.54) is 0 Å². The molecule has 0 saturated carbocycles. The van der Waals surface area contributed by atoms with Gasteiger partial charge in [0.25, 0.3) is 5.91 Å². The summed E-state index contributed by atoms with van der Waals surface area (Å²) >= 11 is 0. The van der Waals surface area contributed by atoms with Crippen LogP contribution in [0.5, 0.6) is 0 Å². The van der Waals surface area contributed by atoms with Gasteiger partial charge in [-0.1, -0.05) is 5.16 Å². The Hall–Kier alpha value is -2.67. The Bertz CT molecular complexity index is 828. The second-order valence-corrected chi connectivity index (χ2v) is 5.18. The van der Waals surface area contributed by atoms with E-state index in [2.05, 4.69) is 20.4 Å². The summed E-state index contributed by atoms with van der Waals surface area (Å²) in [5, 5.41) is 16.1. The van der Waals surface area contributed by atoms with Crippen LogP contribution in [-0.2, 0) is 0 Å². The number of rotatable bonds is 3. The van der Waals surface area contributed by atoms with E-state index in [1.54, 1.807) is 39.0 Å². The molecule has 1 unspecified atom stereocenters. The second kappa shape index (κ2) is 5.27. The second-order valence-electron chi connectivity index (χ2n) is 5.18. The van der Waals surface area contributed by atoms with Gasteiger partial charge >= 0.3 is 0 Å². The lowest BCUT2D eigenvalue weighted by molar-refractivity contribution is 0.102. The molecule has 1 atom stereocenters. The highest BCUT2D eigenvalue weighted by molar-refractivity contribution is 6.06. The molecular weight excluding hydrogens is 284 g/mol. The maximum atomic E-state index is 12.3. The van der Waals surface area contributed by atoms with Crippen molar-refractivity contribution in [3.8, 4) is 0 Å². The fourth-order valence-corrected chi connectivity index (χ4v) is 2.31. The molecule has 1 aromatic carbocycles. The number of aliphatic hydroxyl groups excluding tert-OH is 1. The van der Waals surface area contributed by atoms with Crippen LogP contribution in [-0.4, -0.2) is 26.1 Å². The normalized spacial score (nSPS) is 12.5. The zero-order valence-electron chi connectivity index (χ0n) is 12.5. The molecule has 0 spiro atoms. The highest BCUT2D eigenvalue weighted by atomic mass is 16.5. The number of imidazole rings is 1. The van der Waals surface area contributed by atoms with Gasteiger partial charge in [0.15, 0.2) is 0 Å². The van der Waals surface area contributed by atoms with Gasteiger partial charge < -0.3 is 19.9 Å². The zero-order valence-corrected chi connectivity index (χ0v) is 12.5. The van der Waals surface area contributed by atoms with E-state index in [-0.39, 0.29) is 5.91 Å². The average molecular weight is 300 g/mol. The number of fused-ring (bicyclic) bond motifs is 1. The van der Waals surface area contributed by atoms with E-state index < -0.39 is 6.10 Å². The Morgan fingerprint density at radius 3 is 2.82 bits per heavy atom. The topological polar surface area (TPSA) is 104 Å². The van der Waals surface area contributed by atoms with Gasteiger partial charge in [-0.05, 0) is 39.0 Å². The van der Waals surface area contributed by atoms with Crippen molar-refractivity contribution in [3.63, 3.8) is 0 Å². The summed E-state index contributed by atoms with van der Waals surface area (Å²) in [6, 6.07) is 5.30. The van der Waals surface area contributed by atoms with Crippen LogP contribution in [0.25, 0.3) is 11.0 Å². The van der Waals surface area contributed by atoms with E-state index in [0.717, 1.165) is 11.0 Å². The van der Waals surface area contributed by atoms with E-state index in [4.69, 9.17) is 4.52 Å². The molecule has 0 bridgehead atoms. The number of amides is 1. The van der Waals surface area contributed by atoms with Gasteiger partial charge in [-0.3, -0.25) is 4.79 Å². The van der Waals surface area contributed by atoms with Gasteiger partial charge in [-0.2, -0.15) is 0 Å². The molecular formula is C15H16N4O3. The smallest absolute Gasteiger partial charge is 0.261 e. The molecule has 3 rings (SSSR count). The van der Waals surface area contributed by atoms with Crippen molar-refractivity contribution in [2.24, 2.45) is 0 Å². The summed E-state index contributed by atoms with van der Waals surface area (Å²) in [6.45, 7) is 5.05. The number of H-pyrrole nitrogens is 1. The number of hydrogen-bond acceptors (Lipinski definition) is 5. The molecule has 0 fully saturated rings. The van der Waals surface area contributed by atoms with Crippen LogP contribution < -0.4 is 5.32 Å². The van der Waals surface area contributed by atoms with E-state index >= 15 is 0 Å². The summed E-state index contributed by atoms with van der Waals surface area (Å²) in [5.74, 6) is 0.698. The minimum Gasteiger partial charge on any atom is -0.385 e. The van der Waals surface area contributed by atoms with Crippen LogP contribution in [0.3, 0.4) is 0 Å². The highest BCUT2D eigenvalue weighted by Crippen LogP contribution is 2.21. The zero-order chi connectivity index (χ0) is 15.9. The number of aromatic amines is 1. The van der Waals surface area contributed by atoms with Crippen LogP contribution in [0, 0.1) is 13.8 Å². The standard InChI is InChI=1S/C15H16N4O3/c1-7-13(9(3)22-19-7)15(21)16-10-4-5-11-12(6-10)18-14(17-11)8(2)20/h4-6,8,20H,1-3H3,(H,16,21)(H,17,18). The minimum absolute atomic E-state index is 0.272. The van der Waals surface area contributed by atoms with Crippen molar-refractivity contribution in [2.45, 2.75) is 26.9 Å². The monoisotopic (exact) mass is 300 g/mol. The third-order valence-electron chi connectivity index (χ3n) is 3.41. The molecule has 0 aliphatic carbocycles. The minimum atomic E-state index is -0.673. The molecule has 0 aliphatic heterocycles. The van der Waals surface area contributed by atoms with E-state index in [0.29, 0.717) is 28.5 Å². The number of aromatic nitrogens is 3. The average Bonchev–Trinajstić information content (AvgIpc) is 3.02. The first-order valence-electron chi connectivity index (χ1n) is 6.87. The van der Waals surface area contributed by atoms with Gasteiger partial charge in [0.05, 0.1) is 16.7 Å². The molecule has 0 radical (unpaired) electrons. The summed E-state index contributed by atoms with van der Waals surface area (Å²) in [4.78, 5) is 19.6. The molecule has 2 aromatic heterocycles. The maximum absolute atomic E-state index is 12.3. The summed E-state index contributed by atoms with van der Waals surface area (Å²) in [6.07, 6.45) is -0.673. The summed E-state index contributed by atoms with van der Waals surface area (Å²) < 4.78 is 5.00. The van der Waals surface area contributed by atoms with Crippen LogP contribution in [0.2, 0.25) is 0 Å². The Labute approximate surface area is 126 Å². The van der Waals surface area contributed by atoms with Gasteiger partial charge in [0.1, 0.15) is 23.3 Å². The lowest BCUT2D eigenvalue weighted by Gasteiger charge is -2.04. The number of nitrogens with zero attached hydrogens (tertiary/aromatic N) is 2. The Balaban J connectivity index is 1.89. The predicted molar refractivity (Wildman–Crippen MR) is 80.7 cm³/mol. The Morgan fingerprint density at radius 1 is 1.41 bits per heavy atom. The number of benzene rings is 1. The molecule has 0 aliphatic rings. The first-order chi connectivity index (χ1) is 10.5. The van der Waals surface area contributed by atoms with Crippen LogP contribution >= 0.6 is 0 Å². The van der Waals surface area contributed by atoms with Crippen molar-refractivity contribution in [2.75, 3.05) is 5.32 Å². The third kappa shape index (κ3) is 2.46. The largest absolute Gasteiger partial charge is 0.385 e. The fraction of sp³-hybridized carbons (Fsp3) is 0.267. The van der Waals surface area contributed by atoms with Crippen molar-refractivity contribution in [3.05, 3.63) is 41.0 Å². The number of aliphatic hydroxyl groups is 1. The highest BCUT2D eigenvalue weighted by Gasteiger charge is 2.18. The fourth-order valence-electron chi connectivity index (χ4n) is 2.31. The van der Waals surface area contributed by atoms with Gasteiger partial charge in [-0.25, -0.2) is 4.98 Å². The van der Waals surface area contributed by atoms with Crippen molar-refractivity contribution in [1.29, 1.82) is 0 Å². The number of hydrogen-bond donors (Lipinski definition) is 3. The van der Waals surface area contributed by atoms with Crippen LogP contribution in [0.15, 0.2) is 22.7 Å². The summed E-state index contributed by atoms with van der Waals surface area (Å²) in [5.41, 5.74) is 3.08. The van der Waals surface area contributed by atoms with Crippen molar-refractivity contribution in [1.82, 2.24) is 15.1 Å². The van der Waals surface area contributed by atoms with Crippen molar-refractivity contribution < 1.29 is 14.4 Å². The van der Waals surface area contributed by atoms with Crippen LogP contribution in [0.1, 0.15) is 40.7 Å². The number of carbonyl (C=O) groups is 1. The number of carbonyl (C=O) groups excluding carboxylic acids is 1. The first kappa shape index (κ1) is 14.3. The molecule has 3 N–H and O–H groups in total. The Kier molecular flexibility index (Phi) is 3.42. The lowest BCUT2D eigenvalue weighted by atomic mass is 10.2. The molecule has 2 heterocycles. The van der Waals surface area contributed by atoms with Gasteiger partial charge in [-0.15, -0.1) is 0 Å². The molecule has 7 nitrogen and oxygen atoms in total. The molecule has 114 valence electrons. The lowest BCUT2D eigenvalue weighted by Crippen LogP contribution is -2.13. The van der Waals surface area contributed by atoms with Crippen molar-refractivity contribution >= 4 is 22.6 Å². The molecule has 1 amide bonds. The molecule has 22 heavy (non-hydrogen) atoms. The van der Waals surface area contributed by atoms with E-state index in [1.807, 2.05) is 0 Å². The SMILES string of the molecule is Cc1noc(C)c1C(=O)Nc1ccc2nc(C(C)O)[nH]c2c1. The number of anilines is 1. The summed E-state index contributed by atoms with van der Waals surface area (Å²) in [7, 11) is 0. The Morgan fingerprint density at radius 2 is 2.18 bits per heavy atom. The molecule has 3 aromatic rings. The molecule has 0 saturated heterocycles. The van der Waals surface area contributed by atoms with Gasteiger partial charge in [0, 0.05) is 5.69 Å². The van der Waals surface area contributed by atoms with E-state index in [9.17, 15) is 9.90 Å². The van der Waals surface area contributed by atoms with Crippen LogP contribution in [0.4, 0.5) is 5.69 Å².